The fourth-order valence-electron chi connectivity index (χ4n) is 1.57. The van der Waals surface area contributed by atoms with Gasteiger partial charge in [-0.25, -0.2) is 0 Å². The summed E-state index contributed by atoms with van der Waals surface area (Å²) in [6.07, 6.45) is 4.07. The Kier molecular flexibility index (Phi) is 3.94. The van der Waals surface area contributed by atoms with E-state index in [2.05, 4.69) is 19.1 Å². The lowest BCUT2D eigenvalue weighted by molar-refractivity contribution is 0.651. The quantitative estimate of drug-likeness (QED) is 0.661. The first-order chi connectivity index (χ1) is 6.79. The van der Waals surface area contributed by atoms with Crippen LogP contribution in [0.3, 0.4) is 0 Å². The highest BCUT2D eigenvalue weighted by atomic mass is 14.3. The standard InChI is InChI=1S/C13H15N/c1-3-7-11(2)13(10-14)12-8-5-4-6-9-12/h3-9,11,13H,1-2H3/b7-3-/t11-,13-/m1/s1. The van der Waals surface area contributed by atoms with Crippen LogP contribution < -0.4 is 0 Å². The molecular formula is C13H15N. The van der Waals surface area contributed by atoms with Crippen LogP contribution in [0.2, 0.25) is 0 Å². The second-order valence-corrected chi connectivity index (χ2v) is 3.40. The predicted molar refractivity (Wildman–Crippen MR) is 58.8 cm³/mol. The maximum absolute atomic E-state index is 9.09. The zero-order valence-corrected chi connectivity index (χ0v) is 8.64. The van der Waals surface area contributed by atoms with Gasteiger partial charge in [-0.05, 0) is 18.4 Å². The molecule has 0 bridgehead atoms. The van der Waals surface area contributed by atoms with E-state index in [1.165, 1.54) is 0 Å². The molecule has 0 amide bonds. The van der Waals surface area contributed by atoms with Gasteiger partial charge in [-0.3, -0.25) is 0 Å². The second kappa shape index (κ2) is 5.24. The SMILES string of the molecule is C/C=C\[C@@H](C)[C@@H](C#N)c1ccccc1. The van der Waals surface area contributed by atoms with Crippen molar-refractivity contribution >= 4 is 0 Å². The molecule has 0 unspecified atom stereocenters. The van der Waals surface area contributed by atoms with Crippen molar-refractivity contribution in [3.63, 3.8) is 0 Å². The summed E-state index contributed by atoms with van der Waals surface area (Å²) >= 11 is 0. The molecule has 14 heavy (non-hydrogen) atoms. The van der Waals surface area contributed by atoms with Crippen molar-refractivity contribution in [3.05, 3.63) is 48.0 Å². The highest BCUT2D eigenvalue weighted by Gasteiger charge is 2.15. The molecule has 72 valence electrons. The molecule has 0 saturated heterocycles. The van der Waals surface area contributed by atoms with Crippen LogP contribution in [0.5, 0.6) is 0 Å². The first-order valence-corrected chi connectivity index (χ1v) is 4.87. The maximum atomic E-state index is 9.09. The van der Waals surface area contributed by atoms with Crippen molar-refractivity contribution in [3.8, 4) is 6.07 Å². The van der Waals surface area contributed by atoms with Gasteiger partial charge in [0.05, 0.1) is 12.0 Å². The van der Waals surface area contributed by atoms with Gasteiger partial charge in [0.2, 0.25) is 0 Å². The third-order valence-electron chi connectivity index (χ3n) is 2.32. The molecule has 1 heteroatoms. The molecule has 0 aliphatic carbocycles. The third kappa shape index (κ3) is 2.47. The van der Waals surface area contributed by atoms with Gasteiger partial charge >= 0.3 is 0 Å². The Labute approximate surface area is 85.7 Å². The summed E-state index contributed by atoms with van der Waals surface area (Å²) in [7, 11) is 0. The summed E-state index contributed by atoms with van der Waals surface area (Å²) in [6, 6.07) is 12.3. The molecule has 0 saturated carbocycles. The summed E-state index contributed by atoms with van der Waals surface area (Å²) in [4.78, 5) is 0. The van der Waals surface area contributed by atoms with E-state index in [4.69, 9.17) is 5.26 Å². The van der Waals surface area contributed by atoms with Crippen LogP contribution in [0.4, 0.5) is 0 Å². The third-order valence-corrected chi connectivity index (χ3v) is 2.32. The van der Waals surface area contributed by atoms with E-state index < -0.39 is 0 Å². The van der Waals surface area contributed by atoms with E-state index in [9.17, 15) is 0 Å². The smallest absolute Gasteiger partial charge is 0.0772 e. The average Bonchev–Trinajstić information content (AvgIpc) is 2.21. The first-order valence-electron chi connectivity index (χ1n) is 4.87. The van der Waals surface area contributed by atoms with E-state index in [0.717, 1.165) is 5.56 Å². The summed E-state index contributed by atoms with van der Waals surface area (Å²) in [5.74, 6) is 0.236. The Balaban J connectivity index is 2.89. The number of benzene rings is 1. The topological polar surface area (TPSA) is 23.8 Å². The highest BCUT2D eigenvalue weighted by Crippen LogP contribution is 2.24. The predicted octanol–water partition coefficient (Wildman–Crippen LogP) is 3.51. The van der Waals surface area contributed by atoms with Crippen LogP contribution in [0.1, 0.15) is 25.3 Å². The largest absolute Gasteiger partial charge is 0.198 e. The molecule has 0 N–H and O–H groups in total. The lowest BCUT2D eigenvalue weighted by atomic mass is 9.88. The van der Waals surface area contributed by atoms with Crippen molar-refractivity contribution < 1.29 is 0 Å². The number of hydrogen-bond donors (Lipinski definition) is 0. The molecule has 0 aliphatic heterocycles. The summed E-state index contributed by atoms with van der Waals surface area (Å²) in [5, 5.41) is 9.09. The lowest BCUT2D eigenvalue weighted by Gasteiger charge is -2.13. The molecule has 1 nitrogen and oxygen atoms in total. The van der Waals surface area contributed by atoms with Gasteiger partial charge in [0.25, 0.3) is 0 Å². The van der Waals surface area contributed by atoms with Crippen LogP contribution in [-0.4, -0.2) is 0 Å². The van der Waals surface area contributed by atoms with Gasteiger partial charge in [-0.1, -0.05) is 49.4 Å². The molecule has 0 aromatic heterocycles. The number of allylic oxidation sites excluding steroid dienone is 2. The van der Waals surface area contributed by atoms with Gasteiger partial charge in [0, 0.05) is 0 Å². The van der Waals surface area contributed by atoms with E-state index in [0.29, 0.717) is 0 Å². The lowest BCUT2D eigenvalue weighted by Crippen LogP contribution is -2.04. The summed E-state index contributed by atoms with van der Waals surface area (Å²) in [5.41, 5.74) is 1.10. The van der Waals surface area contributed by atoms with Gasteiger partial charge in [0.15, 0.2) is 0 Å². The number of hydrogen-bond acceptors (Lipinski definition) is 1. The zero-order chi connectivity index (χ0) is 10.4. The van der Waals surface area contributed by atoms with Crippen molar-refractivity contribution in [1.29, 1.82) is 5.26 Å². The maximum Gasteiger partial charge on any atom is 0.0772 e. The molecule has 0 fully saturated rings. The Morgan fingerprint density at radius 2 is 1.93 bits per heavy atom. The Morgan fingerprint density at radius 1 is 1.29 bits per heavy atom. The minimum absolute atomic E-state index is 0.0348. The summed E-state index contributed by atoms with van der Waals surface area (Å²) < 4.78 is 0. The average molecular weight is 185 g/mol. The molecule has 1 aromatic rings. The van der Waals surface area contributed by atoms with Crippen LogP contribution >= 0.6 is 0 Å². The number of nitrogens with zero attached hydrogens (tertiary/aromatic N) is 1. The Hall–Kier alpha value is -1.55. The second-order valence-electron chi connectivity index (χ2n) is 3.40. The van der Waals surface area contributed by atoms with Crippen LogP contribution in [0, 0.1) is 17.2 Å². The van der Waals surface area contributed by atoms with E-state index in [1.807, 2.05) is 43.3 Å². The minimum Gasteiger partial charge on any atom is -0.198 e. The normalized spacial score (nSPS) is 14.9. The Bertz CT molecular complexity index is 332. The van der Waals surface area contributed by atoms with E-state index >= 15 is 0 Å². The Morgan fingerprint density at radius 3 is 2.43 bits per heavy atom. The molecular weight excluding hydrogens is 170 g/mol. The van der Waals surface area contributed by atoms with Crippen molar-refractivity contribution in [1.82, 2.24) is 0 Å². The first kappa shape index (κ1) is 10.5. The van der Waals surface area contributed by atoms with Crippen LogP contribution in [-0.2, 0) is 0 Å². The van der Waals surface area contributed by atoms with Crippen molar-refractivity contribution in [2.75, 3.05) is 0 Å². The number of nitriles is 1. The van der Waals surface area contributed by atoms with E-state index in [-0.39, 0.29) is 11.8 Å². The fraction of sp³-hybridized carbons (Fsp3) is 0.308. The molecule has 1 rings (SSSR count). The van der Waals surface area contributed by atoms with Gasteiger partial charge in [0.1, 0.15) is 0 Å². The monoisotopic (exact) mass is 185 g/mol. The molecule has 1 aromatic carbocycles. The summed E-state index contributed by atoms with van der Waals surface area (Å²) in [6.45, 7) is 4.05. The van der Waals surface area contributed by atoms with Crippen molar-refractivity contribution in [2.45, 2.75) is 19.8 Å². The van der Waals surface area contributed by atoms with Gasteiger partial charge < -0.3 is 0 Å². The van der Waals surface area contributed by atoms with Crippen LogP contribution in [0.15, 0.2) is 42.5 Å². The fourth-order valence-corrected chi connectivity index (χ4v) is 1.57. The van der Waals surface area contributed by atoms with Crippen LogP contribution in [0.25, 0.3) is 0 Å². The molecule has 0 heterocycles. The van der Waals surface area contributed by atoms with E-state index in [1.54, 1.807) is 0 Å². The molecule has 0 radical (unpaired) electrons. The minimum atomic E-state index is -0.0348. The van der Waals surface area contributed by atoms with Crippen molar-refractivity contribution in [2.24, 2.45) is 5.92 Å². The molecule has 0 aliphatic rings. The highest BCUT2D eigenvalue weighted by molar-refractivity contribution is 5.26. The van der Waals surface area contributed by atoms with Gasteiger partial charge in [-0.2, -0.15) is 5.26 Å². The number of rotatable bonds is 3. The zero-order valence-electron chi connectivity index (χ0n) is 8.64. The molecule has 2 atom stereocenters. The molecule has 0 spiro atoms. The van der Waals surface area contributed by atoms with Gasteiger partial charge in [-0.15, -0.1) is 0 Å².